The minimum absolute atomic E-state index is 0.0980. The molecule has 0 atom stereocenters. The Morgan fingerprint density at radius 2 is 1.72 bits per heavy atom. The van der Waals surface area contributed by atoms with Crippen LogP contribution in [0.5, 0.6) is 0 Å². The summed E-state index contributed by atoms with van der Waals surface area (Å²) in [4.78, 5) is 33.8. The van der Waals surface area contributed by atoms with Crippen molar-refractivity contribution >= 4 is 23.2 Å². The molecule has 3 rings (SSSR count). The standard InChI is InChI=1S/C23H30N4O2/c1-4-26(5-2)18-12-13-19(17(3)16-18)25-22(28)20-10-9-11-21(24-20)23(29)27-14-7-6-8-15-27/h9-13,16H,4-8,14-15H2,1-3H3,(H,25,28). The Balaban J connectivity index is 1.73. The Labute approximate surface area is 172 Å². The SMILES string of the molecule is CCN(CC)c1ccc(NC(=O)c2cccc(C(=O)N3CCCCC3)n2)c(C)c1. The van der Waals surface area contributed by atoms with Gasteiger partial charge in [0.05, 0.1) is 0 Å². The number of likely N-dealkylation sites (tertiary alicyclic amines) is 1. The molecular weight excluding hydrogens is 364 g/mol. The Morgan fingerprint density at radius 1 is 1.03 bits per heavy atom. The quantitative estimate of drug-likeness (QED) is 0.801. The summed E-state index contributed by atoms with van der Waals surface area (Å²) in [7, 11) is 0. The van der Waals surface area contributed by atoms with Gasteiger partial charge in [0, 0.05) is 37.6 Å². The summed E-state index contributed by atoms with van der Waals surface area (Å²) in [5, 5.41) is 2.93. The van der Waals surface area contributed by atoms with Gasteiger partial charge >= 0.3 is 0 Å². The van der Waals surface area contributed by atoms with E-state index >= 15 is 0 Å². The van der Waals surface area contributed by atoms with Crippen LogP contribution in [0.1, 0.15) is 59.7 Å². The van der Waals surface area contributed by atoms with E-state index in [2.05, 4.69) is 35.1 Å². The number of nitrogens with one attached hydrogen (secondary N) is 1. The lowest BCUT2D eigenvalue weighted by atomic mass is 10.1. The van der Waals surface area contributed by atoms with Gasteiger partial charge in [-0.2, -0.15) is 0 Å². The molecule has 0 aliphatic carbocycles. The molecule has 1 N–H and O–H groups in total. The third kappa shape index (κ3) is 4.94. The number of carbonyl (C=O) groups is 2. The van der Waals surface area contributed by atoms with Gasteiger partial charge in [-0.15, -0.1) is 0 Å². The van der Waals surface area contributed by atoms with E-state index in [1.165, 1.54) is 0 Å². The highest BCUT2D eigenvalue weighted by Gasteiger charge is 2.20. The fourth-order valence-corrected chi connectivity index (χ4v) is 3.70. The van der Waals surface area contributed by atoms with E-state index < -0.39 is 0 Å². The van der Waals surface area contributed by atoms with Crippen LogP contribution in [-0.4, -0.2) is 47.9 Å². The van der Waals surface area contributed by atoms with Crippen molar-refractivity contribution in [2.75, 3.05) is 36.4 Å². The van der Waals surface area contributed by atoms with E-state index in [0.29, 0.717) is 5.69 Å². The van der Waals surface area contributed by atoms with Gasteiger partial charge in [0.1, 0.15) is 11.4 Å². The van der Waals surface area contributed by atoms with Crippen LogP contribution in [0.3, 0.4) is 0 Å². The van der Waals surface area contributed by atoms with Crippen LogP contribution in [0.4, 0.5) is 11.4 Å². The van der Waals surface area contributed by atoms with Gasteiger partial charge in [-0.1, -0.05) is 6.07 Å². The molecule has 0 spiro atoms. The first-order valence-corrected chi connectivity index (χ1v) is 10.5. The van der Waals surface area contributed by atoms with Crippen molar-refractivity contribution in [1.29, 1.82) is 0 Å². The maximum atomic E-state index is 12.7. The predicted octanol–water partition coefficient (Wildman–Crippen LogP) is 4.11. The molecule has 2 aromatic rings. The number of rotatable bonds is 6. The number of amides is 2. The fourth-order valence-electron chi connectivity index (χ4n) is 3.70. The first kappa shape index (κ1) is 20.8. The van der Waals surface area contributed by atoms with Crippen molar-refractivity contribution in [2.45, 2.75) is 40.0 Å². The van der Waals surface area contributed by atoms with Gasteiger partial charge in [-0.25, -0.2) is 4.98 Å². The molecule has 1 aromatic heterocycles. The second-order valence-electron chi connectivity index (χ2n) is 7.39. The fraction of sp³-hybridized carbons (Fsp3) is 0.435. The highest BCUT2D eigenvalue weighted by atomic mass is 16.2. The number of hydrogen-bond acceptors (Lipinski definition) is 4. The van der Waals surface area contributed by atoms with Crippen LogP contribution in [0, 0.1) is 6.92 Å². The van der Waals surface area contributed by atoms with Crippen molar-refractivity contribution < 1.29 is 9.59 Å². The number of aryl methyl sites for hydroxylation is 1. The first-order valence-electron chi connectivity index (χ1n) is 10.5. The molecule has 0 saturated carbocycles. The third-order valence-corrected chi connectivity index (χ3v) is 5.43. The number of benzene rings is 1. The molecule has 6 heteroatoms. The molecule has 0 bridgehead atoms. The van der Waals surface area contributed by atoms with E-state index in [4.69, 9.17) is 0 Å². The van der Waals surface area contributed by atoms with E-state index in [0.717, 1.165) is 62.4 Å². The van der Waals surface area contributed by atoms with Gasteiger partial charge in [0.2, 0.25) is 0 Å². The van der Waals surface area contributed by atoms with Crippen LogP contribution < -0.4 is 10.2 Å². The zero-order valence-electron chi connectivity index (χ0n) is 17.6. The predicted molar refractivity (Wildman–Crippen MR) is 117 cm³/mol. The minimum Gasteiger partial charge on any atom is -0.372 e. The van der Waals surface area contributed by atoms with E-state index in [9.17, 15) is 9.59 Å². The monoisotopic (exact) mass is 394 g/mol. The number of hydrogen-bond donors (Lipinski definition) is 1. The lowest BCUT2D eigenvalue weighted by molar-refractivity contribution is 0.0718. The summed E-state index contributed by atoms with van der Waals surface area (Å²) in [5.41, 5.74) is 3.45. The number of nitrogens with zero attached hydrogens (tertiary/aromatic N) is 3. The molecule has 154 valence electrons. The summed E-state index contributed by atoms with van der Waals surface area (Å²) < 4.78 is 0. The maximum absolute atomic E-state index is 12.7. The van der Waals surface area contributed by atoms with Gasteiger partial charge in [-0.3, -0.25) is 9.59 Å². The van der Waals surface area contributed by atoms with Crippen molar-refractivity contribution in [3.8, 4) is 0 Å². The molecular formula is C23H30N4O2. The molecule has 1 aromatic carbocycles. The third-order valence-electron chi connectivity index (χ3n) is 5.43. The average Bonchev–Trinajstić information content (AvgIpc) is 2.76. The van der Waals surface area contributed by atoms with E-state index in [1.807, 2.05) is 24.0 Å². The summed E-state index contributed by atoms with van der Waals surface area (Å²) >= 11 is 0. The van der Waals surface area contributed by atoms with Crippen molar-refractivity contribution in [1.82, 2.24) is 9.88 Å². The summed E-state index contributed by atoms with van der Waals surface area (Å²) in [6.45, 7) is 9.61. The number of carbonyl (C=O) groups excluding carboxylic acids is 2. The van der Waals surface area contributed by atoms with Crippen LogP contribution in [0.25, 0.3) is 0 Å². The smallest absolute Gasteiger partial charge is 0.274 e. The van der Waals surface area contributed by atoms with Crippen molar-refractivity contribution in [2.24, 2.45) is 0 Å². The lowest BCUT2D eigenvalue weighted by Gasteiger charge is -2.26. The normalized spacial score (nSPS) is 13.8. The maximum Gasteiger partial charge on any atom is 0.274 e. The Kier molecular flexibility index (Phi) is 6.86. The van der Waals surface area contributed by atoms with Gasteiger partial charge in [0.15, 0.2) is 0 Å². The molecule has 2 amide bonds. The number of pyridine rings is 1. The summed E-state index contributed by atoms with van der Waals surface area (Å²) in [5.74, 6) is -0.406. The zero-order chi connectivity index (χ0) is 20.8. The Morgan fingerprint density at radius 3 is 2.38 bits per heavy atom. The molecule has 1 aliphatic rings. The van der Waals surface area contributed by atoms with Gasteiger partial charge in [-0.05, 0) is 75.9 Å². The lowest BCUT2D eigenvalue weighted by Crippen LogP contribution is -2.36. The molecule has 29 heavy (non-hydrogen) atoms. The second-order valence-corrected chi connectivity index (χ2v) is 7.39. The van der Waals surface area contributed by atoms with Crippen LogP contribution >= 0.6 is 0 Å². The minimum atomic E-state index is -0.308. The number of aromatic nitrogens is 1. The molecule has 6 nitrogen and oxygen atoms in total. The molecule has 1 aliphatic heterocycles. The largest absolute Gasteiger partial charge is 0.372 e. The van der Waals surface area contributed by atoms with Crippen molar-refractivity contribution in [3.63, 3.8) is 0 Å². The zero-order valence-corrected chi connectivity index (χ0v) is 17.6. The van der Waals surface area contributed by atoms with Crippen LogP contribution in [0.15, 0.2) is 36.4 Å². The molecule has 1 saturated heterocycles. The number of piperidine rings is 1. The summed E-state index contributed by atoms with van der Waals surface area (Å²) in [6.07, 6.45) is 3.20. The topological polar surface area (TPSA) is 65.5 Å². The number of anilines is 2. The van der Waals surface area contributed by atoms with Crippen molar-refractivity contribution in [3.05, 3.63) is 53.3 Å². The average molecular weight is 395 g/mol. The van der Waals surface area contributed by atoms with Gasteiger partial charge < -0.3 is 15.1 Å². The van der Waals surface area contributed by atoms with Crippen LogP contribution in [0.2, 0.25) is 0 Å². The second kappa shape index (κ2) is 9.54. The first-order chi connectivity index (χ1) is 14.0. The molecule has 1 fully saturated rings. The summed E-state index contributed by atoms with van der Waals surface area (Å²) in [6, 6.07) is 11.0. The van der Waals surface area contributed by atoms with Gasteiger partial charge in [0.25, 0.3) is 11.8 Å². The Bertz CT molecular complexity index is 871. The van der Waals surface area contributed by atoms with E-state index in [1.54, 1.807) is 18.2 Å². The van der Waals surface area contributed by atoms with Crippen LogP contribution in [-0.2, 0) is 0 Å². The molecule has 0 radical (unpaired) electrons. The highest BCUT2D eigenvalue weighted by molar-refractivity contribution is 6.04. The highest BCUT2D eigenvalue weighted by Crippen LogP contribution is 2.23. The molecule has 0 unspecified atom stereocenters. The molecule has 2 heterocycles. The Hall–Kier alpha value is -2.89. The van der Waals surface area contributed by atoms with E-state index in [-0.39, 0.29) is 17.5 Å².